The van der Waals surface area contributed by atoms with Crippen LogP contribution in [0.2, 0.25) is 0 Å². The van der Waals surface area contributed by atoms with Crippen molar-refractivity contribution < 1.29 is 4.79 Å². The van der Waals surface area contributed by atoms with Crippen molar-refractivity contribution in [2.45, 2.75) is 13.3 Å². The number of rotatable bonds is 7. The van der Waals surface area contributed by atoms with Gasteiger partial charge in [0.1, 0.15) is 0 Å². The maximum Gasteiger partial charge on any atom is 0.248 e. The molecule has 1 aliphatic rings. The third kappa shape index (κ3) is 6.14. The molecule has 1 fully saturated rings. The van der Waals surface area contributed by atoms with Crippen LogP contribution < -0.4 is 11.3 Å². The van der Waals surface area contributed by atoms with Gasteiger partial charge in [0, 0.05) is 32.7 Å². The largest absolute Gasteiger partial charge is 0.297 e. The molecule has 3 N–H and O–H groups in total. The normalized spacial score (nSPS) is 18.4. The minimum Gasteiger partial charge on any atom is -0.297 e. The van der Waals surface area contributed by atoms with Crippen molar-refractivity contribution in [1.29, 1.82) is 0 Å². The third-order valence-electron chi connectivity index (χ3n) is 3.30. The number of allylic oxidation sites excluding steroid dienone is 3. The lowest BCUT2D eigenvalue weighted by Gasteiger charge is -2.34. The lowest BCUT2D eigenvalue weighted by Crippen LogP contribution is -2.50. The Hall–Kier alpha value is -1.43. The quantitative estimate of drug-likeness (QED) is 0.311. The van der Waals surface area contributed by atoms with Crippen LogP contribution in [-0.4, -0.2) is 55.0 Å². The second-order valence-corrected chi connectivity index (χ2v) is 4.91. The Morgan fingerprint density at radius 1 is 1.25 bits per heavy atom. The molecule has 112 valence electrons. The smallest absolute Gasteiger partial charge is 0.248 e. The minimum absolute atomic E-state index is 0.128. The number of amides is 1. The molecule has 0 aromatic carbocycles. The Balaban J connectivity index is 2.40. The van der Waals surface area contributed by atoms with Gasteiger partial charge in [-0.1, -0.05) is 37.8 Å². The summed E-state index contributed by atoms with van der Waals surface area (Å²) >= 11 is 0. The zero-order valence-corrected chi connectivity index (χ0v) is 12.3. The molecular formula is C15H26N4O. The molecule has 5 heteroatoms. The fourth-order valence-electron chi connectivity index (χ4n) is 2.19. The number of piperazine rings is 1. The molecule has 0 aromatic heterocycles. The van der Waals surface area contributed by atoms with Crippen molar-refractivity contribution in [3.05, 3.63) is 36.5 Å². The van der Waals surface area contributed by atoms with Crippen molar-refractivity contribution >= 4 is 5.91 Å². The molecular weight excluding hydrogens is 252 g/mol. The Kier molecular flexibility index (Phi) is 7.87. The molecule has 0 saturated carbocycles. The zero-order valence-electron chi connectivity index (χ0n) is 12.3. The first-order valence-corrected chi connectivity index (χ1v) is 7.11. The van der Waals surface area contributed by atoms with Gasteiger partial charge in [0.15, 0.2) is 0 Å². The topological polar surface area (TPSA) is 61.6 Å². The lowest BCUT2D eigenvalue weighted by molar-refractivity contribution is -0.122. The van der Waals surface area contributed by atoms with Crippen LogP contribution in [0, 0.1) is 0 Å². The molecule has 0 spiro atoms. The van der Waals surface area contributed by atoms with E-state index in [9.17, 15) is 4.79 Å². The third-order valence-corrected chi connectivity index (χ3v) is 3.30. The highest BCUT2D eigenvalue weighted by Gasteiger charge is 2.18. The molecule has 1 heterocycles. The maximum atomic E-state index is 11.2. The van der Waals surface area contributed by atoms with Crippen LogP contribution in [0.4, 0.5) is 0 Å². The molecule has 5 nitrogen and oxygen atoms in total. The summed E-state index contributed by atoms with van der Waals surface area (Å²) in [4.78, 5) is 15.7. The predicted molar refractivity (Wildman–Crippen MR) is 82.9 cm³/mol. The molecule has 0 unspecified atom stereocenters. The van der Waals surface area contributed by atoms with Gasteiger partial charge in [-0.3, -0.25) is 20.0 Å². The summed E-state index contributed by atoms with van der Waals surface area (Å²) in [6, 6.07) is 0. The number of hydrogen-bond donors (Lipinski definition) is 2. The second-order valence-electron chi connectivity index (χ2n) is 4.91. The fourth-order valence-corrected chi connectivity index (χ4v) is 2.19. The van der Waals surface area contributed by atoms with E-state index < -0.39 is 0 Å². The first-order valence-electron chi connectivity index (χ1n) is 7.11. The van der Waals surface area contributed by atoms with Crippen LogP contribution in [0.25, 0.3) is 0 Å². The van der Waals surface area contributed by atoms with Crippen molar-refractivity contribution in [1.82, 2.24) is 15.2 Å². The van der Waals surface area contributed by atoms with E-state index >= 15 is 0 Å². The molecule has 0 radical (unpaired) electrons. The summed E-state index contributed by atoms with van der Waals surface area (Å²) < 4.78 is 0. The van der Waals surface area contributed by atoms with Crippen LogP contribution in [0.15, 0.2) is 36.5 Å². The van der Waals surface area contributed by atoms with Gasteiger partial charge >= 0.3 is 0 Å². The van der Waals surface area contributed by atoms with E-state index in [4.69, 9.17) is 5.84 Å². The number of hydrogen-bond acceptors (Lipinski definition) is 4. The van der Waals surface area contributed by atoms with Crippen LogP contribution in [0.5, 0.6) is 0 Å². The fraction of sp³-hybridized carbons (Fsp3) is 0.533. The van der Waals surface area contributed by atoms with Gasteiger partial charge in [-0.25, -0.2) is 5.84 Å². The monoisotopic (exact) mass is 278 g/mol. The van der Waals surface area contributed by atoms with Gasteiger partial charge in [0.25, 0.3) is 0 Å². The Morgan fingerprint density at radius 3 is 2.35 bits per heavy atom. The molecule has 1 amide bonds. The predicted octanol–water partition coefficient (Wildman–Crippen LogP) is 0.673. The Labute approximate surface area is 121 Å². The molecule has 0 aromatic rings. The van der Waals surface area contributed by atoms with E-state index in [-0.39, 0.29) is 5.91 Å². The molecule has 0 bridgehead atoms. The van der Waals surface area contributed by atoms with Gasteiger partial charge in [-0.05, 0) is 12.0 Å². The van der Waals surface area contributed by atoms with E-state index in [1.54, 1.807) is 0 Å². The van der Waals surface area contributed by atoms with Gasteiger partial charge in [-0.2, -0.15) is 0 Å². The van der Waals surface area contributed by atoms with Gasteiger partial charge < -0.3 is 0 Å². The SMILES string of the molecule is C=C/C=C(\C=C/CC)CN1CCN(CC(=O)NN)CC1. The van der Waals surface area contributed by atoms with E-state index in [1.165, 1.54) is 5.57 Å². The number of carbonyl (C=O) groups excluding carboxylic acids is 1. The average Bonchev–Trinajstić information content (AvgIpc) is 2.47. The van der Waals surface area contributed by atoms with Crippen LogP contribution in [0.3, 0.4) is 0 Å². The van der Waals surface area contributed by atoms with E-state index in [2.05, 4.69) is 47.0 Å². The maximum absolute atomic E-state index is 11.2. The summed E-state index contributed by atoms with van der Waals surface area (Å²) in [5, 5.41) is 0. The highest BCUT2D eigenvalue weighted by atomic mass is 16.2. The van der Waals surface area contributed by atoms with E-state index in [0.717, 1.165) is 39.1 Å². The highest BCUT2D eigenvalue weighted by Crippen LogP contribution is 2.07. The van der Waals surface area contributed by atoms with Crippen LogP contribution >= 0.6 is 0 Å². The van der Waals surface area contributed by atoms with Crippen molar-refractivity contribution in [3.63, 3.8) is 0 Å². The summed E-state index contributed by atoms with van der Waals surface area (Å²) in [5.74, 6) is 4.97. The van der Waals surface area contributed by atoms with Crippen LogP contribution in [0.1, 0.15) is 13.3 Å². The summed E-state index contributed by atoms with van der Waals surface area (Å²) in [6.07, 6.45) is 9.25. The Morgan fingerprint density at radius 2 is 1.85 bits per heavy atom. The van der Waals surface area contributed by atoms with Gasteiger partial charge in [0.2, 0.25) is 5.91 Å². The Bertz CT molecular complexity index is 368. The number of nitrogens with zero attached hydrogens (tertiary/aromatic N) is 2. The first-order chi connectivity index (χ1) is 9.69. The standard InChI is InChI=1S/C15H26N4O/c1-3-5-7-14(6-4-2)12-18-8-10-19(11-9-18)13-15(20)17-16/h4-7H,2-3,8-13,16H2,1H3,(H,17,20)/b7-5-,14-6+. The second kappa shape index (κ2) is 9.47. The van der Waals surface area contributed by atoms with Gasteiger partial charge in [0.05, 0.1) is 6.54 Å². The summed E-state index contributed by atoms with van der Waals surface area (Å²) in [5.41, 5.74) is 3.45. The molecule has 1 aliphatic heterocycles. The highest BCUT2D eigenvalue weighted by molar-refractivity contribution is 5.77. The van der Waals surface area contributed by atoms with Crippen LogP contribution in [-0.2, 0) is 4.79 Å². The number of nitrogens with two attached hydrogens (primary N) is 1. The average molecular weight is 278 g/mol. The van der Waals surface area contributed by atoms with E-state index in [0.29, 0.717) is 6.54 Å². The molecule has 1 saturated heterocycles. The number of hydrazine groups is 1. The lowest BCUT2D eigenvalue weighted by atomic mass is 10.2. The van der Waals surface area contributed by atoms with Crippen molar-refractivity contribution in [3.8, 4) is 0 Å². The summed E-state index contributed by atoms with van der Waals surface area (Å²) in [6.45, 7) is 10.9. The number of carbonyl (C=O) groups is 1. The number of nitrogens with one attached hydrogen (secondary N) is 1. The van der Waals surface area contributed by atoms with Gasteiger partial charge in [-0.15, -0.1) is 0 Å². The molecule has 0 aliphatic carbocycles. The van der Waals surface area contributed by atoms with Crippen molar-refractivity contribution in [2.24, 2.45) is 5.84 Å². The van der Waals surface area contributed by atoms with E-state index in [1.807, 2.05) is 6.08 Å². The zero-order chi connectivity index (χ0) is 14.8. The molecule has 20 heavy (non-hydrogen) atoms. The first kappa shape index (κ1) is 16.6. The summed E-state index contributed by atoms with van der Waals surface area (Å²) in [7, 11) is 0. The molecule has 0 atom stereocenters. The minimum atomic E-state index is -0.128. The molecule has 1 rings (SSSR count). The van der Waals surface area contributed by atoms with Crippen molar-refractivity contribution in [2.75, 3.05) is 39.3 Å².